The maximum absolute atomic E-state index is 12.7. The van der Waals surface area contributed by atoms with Crippen LogP contribution in [0.25, 0.3) is 11.1 Å². The fraction of sp³-hybridized carbons (Fsp3) is 0.450. The number of hydrogen-bond acceptors (Lipinski definition) is 7. The Balaban J connectivity index is 1.78. The van der Waals surface area contributed by atoms with Crippen molar-refractivity contribution in [3.8, 4) is 17.1 Å². The van der Waals surface area contributed by atoms with E-state index in [1.54, 1.807) is 30.7 Å². The molecule has 0 unspecified atom stereocenters. The number of primary amides is 1. The van der Waals surface area contributed by atoms with Gasteiger partial charge in [0.2, 0.25) is 0 Å². The van der Waals surface area contributed by atoms with E-state index in [1.165, 1.54) is 12.0 Å². The number of nitrogens with zero attached hydrogens (tertiary/aromatic N) is 4. The standard InChI is InChI=1S/C20H24F2N6O4/c1-31-19-25-9-13(10-26-19)12-2-7-17(24-8-12)28(20(30)27-11-16(21)22)14-3-5-15(6-4-14)32-18(23)29/h2,7-10,14-16H,3-6,11H2,1H3,(H2,23,29)(H,27,30)/t14-,15-. The normalized spacial score (nSPS) is 18.1. The summed E-state index contributed by atoms with van der Waals surface area (Å²) in [5.41, 5.74) is 6.48. The Morgan fingerprint density at radius 2 is 1.78 bits per heavy atom. The summed E-state index contributed by atoms with van der Waals surface area (Å²) in [6.45, 7) is -0.767. The number of methoxy groups -OCH3 is 1. The van der Waals surface area contributed by atoms with Crippen LogP contribution in [0.3, 0.4) is 0 Å². The van der Waals surface area contributed by atoms with E-state index in [2.05, 4.69) is 20.3 Å². The minimum atomic E-state index is -2.68. The van der Waals surface area contributed by atoms with E-state index < -0.39 is 25.1 Å². The van der Waals surface area contributed by atoms with Gasteiger partial charge in [0.05, 0.1) is 13.7 Å². The summed E-state index contributed by atoms with van der Waals surface area (Å²) in [6, 6.07) is 2.63. The van der Waals surface area contributed by atoms with Gasteiger partial charge in [-0.2, -0.15) is 0 Å². The predicted octanol–water partition coefficient (Wildman–Crippen LogP) is 2.73. The van der Waals surface area contributed by atoms with Crippen LogP contribution < -0.4 is 20.7 Å². The third-order valence-electron chi connectivity index (χ3n) is 5.06. The first-order valence-electron chi connectivity index (χ1n) is 10.0. The van der Waals surface area contributed by atoms with Crippen molar-refractivity contribution in [1.29, 1.82) is 0 Å². The number of pyridine rings is 1. The third kappa shape index (κ3) is 5.99. The molecule has 1 aliphatic carbocycles. The molecule has 0 aliphatic heterocycles. The molecular weight excluding hydrogens is 426 g/mol. The van der Waals surface area contributed by atoms with Crippen LogP contribution in [0, 0.1) is 0 Å². The SMILES string of the molecule is COc1ncc(-c2ccc(N(C(=O)NCC(F)F)[C@H]3CC[C@H](OC(N)=O)CC3)nc2)cn1. The molecule has 172 valence electrons. The summed E-state index contributed by atoms with van der Waals surface area (Å²) in [6.07, 6.45) is 2.83. The number of nitrogens with one attached hydrogen (secondary N) is 1. The van der Waals surface area contributed by atoms with Gasteiger partial charge in [-0.3, -0.25) is 4.90 Å². The Bertz CT molecular complexity index is 905. The molecule has 10 nitrogen and oxygen atoms in total. The molecule has 0 bridgehead atoms. The molecule has 0 atom stereocenters. The monoisotopic (exact) mass is 450 g/mol. The van der Waals surface area contributed by atoms with E-state index in [9.17, 15) is 18.4 Å². The van der Waals surface area contributed by atoms with E-state index in [-0.39, 0.29) is 18.2 Å². The molecule has 1 saturated carbocycles. The number of ether oxygens (including phenoxy) is 2. The summed E-state index contributed by atoms with van der Waals surface area (Å²) >= 11 is 0. The number of carbonyl (C=O) groups is 2. The smallest absolute Gasteiger partial charge is 0.404 e. The van der Waals surface area contributed by atoms with Gasteiger partial charge in [-0.25, -0.2) is 33.3 Å². The molecule has 0 spiro atoms. The van der Waals surface area contributed by atoms with Crippen molar-refractivity contribution >= 4 is 17.9 Å². The van der Waals surface area contributed by atoms with Crippen molar-refractivity contribution < 1.29 is 27.8 Å². The van der Waals surface area contributed by atoms with E-state index >= 15 is 0 Å². The minimum absolute atomic E-state index is 0.233. The van der Waals surface area contributed by atoms with Crippen molar-refractivity contribution in [3.05, 3.63) is 30.7 Å². The van der Waals surface area contributed by atoms with Crippen molar-refractivity contribution in [3.63, 3.8) is 0 Å². The van der Waals surface area contributed by atoms with Gasteiger partial charge in [-0.1, -0.05) is 0 Å². The Labute approximate surface area is 183 Å². The lowest BCUT2D eigenvalue weighted by molar-refractivity contribution is 0.0786. The maximum Gasteiger partial charge on any atom is 0.404 e. The van der Waals surface area contributed by atoms with Gasteiger partial charge in [0.25, 0.3) is 6.43 Å². The Hall–Kier alpha value is -3.57. The number of hydrogen-bond donors (Lipinski definition) is 2. The molecule has 3 amide bonds. The Kier molecular flexibility index (Phi) is 7.68. The van der Waals surface area contributed by atoms with Crippen molar-refractivity contribution in [1.82, 2.24) is 20.3 Å². The minimum Gasteiger partial charge on any atom is -0.467 e. The number of halogens is 2. The second-order valence-corrected chi connectivity index (χ2v) is 7.18. The molecule has 3 rings (SSSR count). The van der Waals surface area contributed by atoms with Gasteiger partial charge < -0.3 is 20.5 Å². The number of anilines is 1. The van der Waals surface area contributed by atoms with Gasteiger partial charge in [0.1, 0.15) is 11.9 Å². The molecule has 0 radical (unpaired) electrons. The third-order valence-corrected chi connectivity index (χ3v) is 5.06. The summed E-state index contributed by atoms with van der Waals surface area (Å²) in [5, 5.41) is 2.24. The molecular formula is C20H24F2N6O4. The van der Waals surface area contributed by atoms with E-state index in [4.69, 9.17) is 15.2 Å². The number of carbonyl (C=O) groups excluding carboxylic acids is 2. The molecule has 0 aromatic carbocycles. The second-order valence-electron chi connectivity index (χ2n) is 7.18. The summed E-state index contributed by atoms with van der Waals surface area (Å²) in [7, 11) is 1.46. The van der Waals surface area contributed by atoms with Crippen LogP contribution in [0.15, 0.2) is 30.7 Å². The number of alkyl halides is 2. The van der Waals surface area contributed by atoms with Crippen molar-refractivity contribution in [2.24, 2.45) is 5.73 Å². The van der Waals surface area contributed by atoms with Gasteiger partial charge in [0, 0.05) is 35.8 Å². The largest absolute Gasteiger partial charge is 0.467 e. The highest BCUT2D eigenvalue weighted by Crippen LogP contribution is 2.29. The van der Waals surface area contributed by atoms with Crippen LogP contribution in [-0.4, -0.2) is 59.3 Å². The topological polar surface area (TPSA) is 133 Å². The van der Waals surface area contributed by atoms with Crippen LogP contribution in [0.1, 0.15) is 25.7 Å². The van der Waals surface area contributed by atoms with Crippen LogP contribution in [-0.2, 0) is 4.74 Å². The van der Waals surface area contributed by atoms with Crippen LogP contribution in [0.4, 0.5) is 24.2 Å². The van der Waals surface area contributed by atoms with Crippen molar-refractivity contribution in [2.75, 3.05) is 18.6 Å². The summed E-state index contributed by atoms with van der Waals surface area (Å²) < 4.78 is 35.3. The molecule has 12 heteroatoms. The highest BCUT2D eigenvalue weighted by molar-refractivity contribution is 5.91. The zero-order valence-corrected chi connectivity index (χ0v) is 17.4. The number of amides is 3. The van der Waals surface area contributed by atoms with Gasteiger partial charge >= 0.3 is 18.1 Å². The molecule has 3 N–H and O–H groups in total. The highest BCUT2D eigenvalue weighted by atomic mass is 19.3. The average Bonchev–Trinajstić information content (AvgIpc) is 2.79. The lowest BCUT2D eigenvalue weighted by Gasteiger charge is -2.35. The fourth-order valence-electron chi connectivity index (χ4n) is 3.56. The number of urea groups is 1. The average molecular weight is 450 g/mol. The summed E-state index contributed by atoms with van der Waals surface area (Å²) in [4.78, 5) is 37.6. The number of rotatable bonds is 7. The van der Waals surface area contributed by atoms with Gasteiger partial charge in [-0.05, 0) is 37.8 Å². The predicted molar refractivity (Wildman–Crippen MR) is 110 cm³/mol. The van der Waals surface area contributed by atoms with Crippen LogP contribution >= 0.6 is 0 Å². The highest BCUT2D eigenvalue weighted by Gasteiger charge is 2.32. The van der Waals surface area contributed by atoms with Gasteiger partial charge in [-0.15, -0.1) is 0 Å². The zero-order chi connectivity index (χ0) is 23.1. The quantitative estimate of drug-likeness (QED) is 0.663. The summed E-state index contributed by atoms with van der Waals surface area (Å²) in [5.74, 6) is 0.314. The number of nitrogens with two attached hydrogens (primary N) is 1. The van der Waals surface area contributed by atoms with E-state index in [0.717, 1.165) is 0 Å². The Morgan fingerprint density at radius 3 is 2.31 bits per heavy atom. The lowest BCUT2D eigenvalue weighted by Crippen LogP contribution is -2.49. The lowest BCUT2D eigenvalue weighted by atomic mass is 9.92. The Morgan fingerprint density at radius 1 is 1.12 bits per heavy atom. The second kappa shape index (κ2) is 10.6. The fourth-order valence-corrected chi connectivity index (χ4v) is 3.56. The van der Waals surface area contributed by atoms with E-state index in [0.29, 0.717) is 42.6 Å². The van der Waals surface area contributed by atoms with Crippen LogP contribution in [0.5, 0.6) is 6.01 Å². The zero-order valence-electron chi connectivity index (χ0n) is 17.4. The number of aromatic nitrogens is 3. The van der Waals surface area contributed by atoms with Crippen LogP contribution in [0.2, 0.25) is 0 Å². The first-order valence-corrected chi connectivity index (χ1v) is 10.0. The molecule has 2 aromatic heterocycles. The van der Waals surface area contributed by atoms with Crippen molar-refractivity contribution in [2.45, 2.75) is 44.3 Å². The molecule has 1 fully saturated rings. The first kappa shape index (κ1) is 23.1. The molecule has 1 aliphatic rings. The molecule has 0 saturated heterocycles. The van der Waals surface area contributed by atoms with E-state index in [1.807, 2.05) is 0 Å². The molecule has 2 heterocycles. The molecule has 32 heavy (non-hydrogen) atoms. The molecule has 2 aromatic rings. The maximum atomic E-state index is 12.7. The first-order chi connectivity index (χ1) is 15.4. The van der Waals surface area contributed by atoms with Gasteiger partial charge in [0.15, 0.2) is 0 Å².